The maximum atomic E-state index is 12.1. The lowest BCUT2D eigenvalue weighted by Gasteiger charge is -2.07. The van der Waals surface area contributed by atoms with Crippen molar-refractivity contribution >= 4 is 38.9 Å². The third-order valence-corrected chi connectivity index (χ3v) is 5.68. The van der Waals surface area contributed by atoms with Crippen molar-refractivity contribution < 1.29 is 8.42 Å². The average molecular weight is 387 g/mol. The monoisotopic (exact) mass is 386 g/mol. The number of nitrogens with zero attached hydrogens (tertiary/aromatic N) is 1. The second-order valence-corrected chi connectivity index (χ2v) is 8.11. The molecule has 6 nitrogen and oxygen atoms in total. The minimum absolute atomic E-state index is 0.126. The van der Waals surface area contributed by atoms with E-state index in [4.69, 9.17) is 17.3 Å². The number of nitrogens with two attached hydrogens (primary N) is 1. The number of guanidine groups is 1. The van der Waals surface area contributed by atoms with Crippen molar-refractivity contribution in [3.63, 3.8) is 0 Å². The van der Waals surface area contributed by atoms with Crippen LogP contribution in [0.3, 0.4) is 0 Å². The summed E-state index contributed by atoms with van der Waals surface area (Å²) in [5.41, 5.74) is 5.74. The summed E-state index contributed by atoms with van der Waals surface area (Å²) in [6.07, 6.45) is 0.870. The van der Waals surface area contributed by atoms with E-state index in [1.165, 1.54) is 17.0 Å². The minimum Gasteiger partial charge on any atom is -0.370 e. The molecule has 4 N–H and O–H groups in total. The molecule has 1 aromatic heterocycles. The molecule has 0 saturated carbocycles. The Bertz CT molecular complexity index is 777. The summed E-state index contributed by atoms with van der Waals surface area (Å²) < 4.78 is 26.6. The van der Waals surface area contributed by atoms with E-state index in [1.807, 2.05) is 11.4 Å². The second-order valence-electron chi connectivity index (χ2n) is 4.88. The van der Waals surface area contributed by atoms with Crippen molar-refractivity contribution in [1.29, 1.82) is 0 Å². The van der Waals surface area contributed by atoms with Gasteiger partial charge in [0.15, 0.2) is 5.96 Å². The Kier molecular flexibility index (Phi) is 7.04. The molecule has 0 bridgehead atoms. The molecule has 0 aliphatic rings. The number of thiophene rings is 1. The Hall–Kier alpha value is -1.61. The molecule has 2 aromatic rings. The number of nitrogens with one attached hydrogen (secondary N) is 2. The van der Waals surface area contributed by atoms with Crippen LogP contribution in [0.25, 0.3) is 0 Å². The van der Waals surface area contributed by atoms with Crippen molar-refractivity contribution in [2.75, 3.05) is 19.6 Å². The molecule has 1 aromatic carbocycles. The Morgan fingerprint density at radius 1 is 1.25 bits per heavy atom. The van der Waals surface area contributed by atoms with Crippen molar-refractivity contribution in [1.82, 2.24) is 10.0 Å². The molecule has 2 rings (SSSR count). The molecule has 0 amide bonds. The predicted molar refractivity (Wildman–Crippen MR) is 99.2 cm³/mol. The third kappa shape index (κ3) is 6.12. The summed E-state index contributed by atoms with van der Waals surface area (Å²) in [6.45, 7) is 1.09. The van der Waals surface area contributed by atoms with Gasteiger partial charge in [-0.25, -0.2) is 13.1 Å². The highest BCUT2D eigenvalue weighted by atomic mass is 35.5. The van der Waals surface area contributed by atoms with Crippen LogP contribution >= 0.6 is 22.9 Å². The molecule has 0 unspecified atom stereocenters. The molecule has 9 heteroatoms. The zero-order valence-electron chi connectivity index (χ0n) is 12.9. The molecule has 0 aliphatic heterocycles. The number of halogens is 1. The molecule has 0 radical (unpaired) electrons. The molecule has 0 atom stereocenters. The first kappa shape index (κ1) is 18.7. The van der Waals surface area contributed by atoms with Crippen molar-refractivity contribution in [3.05, 3.63) is 51.7 Å². The molecular formula is C15H19ClN4O2S2. The Labute approximate surface area is 150 Å². The fraction of sp³-hybridized carbons (Fsp3) is 0.267. The minimum atomic E-state index is -3.59. The van der Waals surface area contributed by atoms with Gasteiger partial charge in [0.05, 0.1) is 11.4 Å². The SMILES string of the molecule is NC(=NCCNS(=O)(=O)c1cccc(Cl)c1)NCCc1cccs1. The van der Waals surface area contributed by atoms with E-state index >= 15 is 0 Å². The smallest absolute Gasteiger partial charge is 0.240 e. The summed E-state index contributed by atoms with van der Waals surface area (Å²) in [7, 11) is -3.59. The summed E-state index contributed by atoms with van der Waals surface area (Å²) >= 11 is 7.49. The van der Waals surface area contributed by atoms with Gasteiger partial charge in [-0.15, -0.1) is 11.3 Å². The van der Waals surface area contributed by atoms with Crippen LogP contribution in [0.2, 0.25) is 5.02 Å². The van der Waals surface area contributed by atoms with Gasteiger partial charge in [0, 0.05) is 23.0 Å². The largest absolute Gasteiger partial charge is 0.370 e. The van der Waals surface area contributed by atoms with Crippen LogP contribution in [0, 0.1) is 0 Å². The first-order chi connectivity index (χ1) is 11.5. The fourth-order valence-corrected chi connectivity index (χ4v) is 3.93. The summed E-state index contributed by atoms with van der Waals surface area (Å²) in [5, 5.41) is 5.39. The Balaban J connectivity index is 1.72. The first-order valence-electron chi connectivity index (χ1n) is 7.29. The van der Waals surface area contributed by atoms with E-state index in [9.17, 15) is 8.42 Å². The third-order valence-electron chi connectivity index (χ3n) is 3.05. The summed E-state index contributed by atoms with van der Waals surface area (Å²) in [4.78, 5) is 5.49. The van der Waals surface area contributed by atoms with Gasteiger partial charge < -0.3 is 11.1 Å². The zero-order chi connectivity index (χ0) is 17.4. The van der Waals surface area contributed by atoms with Crippen LogP contribution in [0.4, 0.5) is 0 Å². The maximum absolute atomic E-state index is 12.1. The predicted octanol–water partition coefficient (Wildman–Crippen LogP) is 1.83. The first-order valence-corrected chi connectivity index (χ1v) is 10.0. The van der Waals surface area contributed by atoms with Crippen LogP contribution in [0.15, 0.2) is 51.7 Å². The second kappa shape index (κ2) is 9.03. The average Bonchev–Trinajstić information content (AvgIpc) is 3.05. The number of benzene rings is 1. The van der Waals surface area contributed by atoms with E-state index < -0.39 is 10.0 Å². The number of hydrogen-bond acceptors (Lipinski definition) is 4. The van der Waals surface area contributed by atoms with Crippen LogP contribution < -0.4 is 15.8 Å². The van der Waals surface area contributed by atoms with Crippen molar-refractivity contribution in [2.45, 2.75) is 11.3 Å². The lowest BCUT2D eigenvalue weighted by atomic mass is 10.3. The van der Waals surface area contributed by atoms with Crippen LogP contribution in [-0.2, 0) is 16.4 Å². The molecular weight excluding hydrogens is 368 g/mol. The molecule has 0 spiro atoms. The van der Waals surface area contributed by atoms with E-state index in [2.05, 4.69) is 21.1 Å². The number of rotatable bonds is 8. The van der Waals surface area contributed by atoms with E-state index in [0.717, 1.165) is 6.42 Å². The van der Waals surface area contributed by atoms with E-state index in [1.54, 1.807) is 23.5 Å². The lowest BCUT2D eigenvalue weighted by molar-refractivity contribution is 0.582. The van der Waals surface area contributed by atoms with Gasteiger partial charge in [-0.1, -0.05) is 23.7 Å². The zero-order valence-corrected chi connectivity index (χ0v) is 15.3. The maximum Gasteiger partial charge on any atom is 0.240 e. The van der Waals surface area contributed by atoms with Gasteiger partial charge >= 0.3 is 0 Å². The number of sulfonamides is 1. The molecule has 0 saturated heterocycles. The van der Waals surface area contributed by atoms with Crippen LogP contribution in [-0.4, -0.2) is 34.0 Å². The molecule has 0 fully saturated rings. The Morgan fingerprint density at radius 3 is 2.79 bits per heavy atom. The summed E-state index contributed by atoms with van der Waals surface area (Å²) in [5.74, 6) is 0.300. The van der Waals surface area contributed by atoms with Gasteiger partial charge in [0.2, 0.25) is 10.0 Å². The molecule has 1 heterocycles. The number of aliphatic imine (C=N–C) groups is 1. The normalized spacial score (nSPS) is 12.3. The fourth-order valence-electron chi connectivity index (χ4n) is 1.90. The van der Waals surface area contributed by atoms with Crippen molar-refractivity contribution in [2.24, 2.45) is 10.7 Å². The van der Waals surface area contributed by atoms with Gasteiger partial charge in [0.25, 0.3) is 0 Å². The van der Waals surface area contributed by atoms with Gasteiger partial charge in [0.1, 0.15) is 0 Å². The van der Waals surface area contributed by atoms with Gasteiger partial charge in [-0.3, -0.25) is 4.99 Å². The number of hydrogen-bond donors (Lipinski definition) is 3. The molecule has 0 aliphatic carbocycles. The van der Waals surface area contributed by atoms with Crippen molar-refractivity contribution in [3.8, 4) is 0 Å². The van der Waals surface area contributed by atoms with Gasteiger partial charge in [-0.2, -0.15) is 0 Å². The van der Waals surface area contributed by atoms with E-state index in [0.29, 0.717) is 17.5 Å². The molecule has 130 valence electrons. The topological polar surface area (TPSA) is 96.6 Å². The Morgan fingerprint density at radius 2 is 2.08 bits per heavy atom. The highest BCUT2D eigenvalue weighted by Gasteiger charge is 2.13. The van der Waals surface area contributed by atoms with Crippen LogP contribution in [0.1, 0.15) is 4.88 Å². The van der Waals surface area contributed by atoms with Crippen LogP contribution in [0.5, 0.6) is 0 Å². The standard InChI is InChI=1S/C15H19ClN4O2S2/c16-12-3-1-5-14(11-12)24(21,22)20-9-8-19-15(17)18-7-6-13-4-2-10-23-13/h1-5,10-11,20H,6-9H2,(H3,17,18,19). The lowest BCUT2D eigenvalue weighted by Crippen LogP contribution is -2.34. The molecule has 24 heavy (non-hydrogen) atoms. The highest BCUT2D eigenvalue weighted by Crippen LogP contribution is 2.14. The quantitative estimate of drug-likeness (QED) is 0.366. The van der Waals surface area contributed by atoms with E-state index in [-0.39, 0.29) is 18.0 Å². The summed E-state index contributed by atoms with van der Waals surface area (Å²) in [6, 6.07) is 10.2. The highest BCUT2D eigenvalue weighted by molar-refractivity contribution is 7.89. The van der Waals surface area contributed by atoms with Gasteiger partial charge in [-0.05, 0) is 36.1 Å².